The molecule has 0 saturated heterocycles. The van der Waals surface area contributed by atoms with E-state index in [-0.39, 0.29) is 23.2 Å². The minimum absolute atomic E-state index is 0.0230. The molecular weight excluding hydrogens is 540 g/mol. The zero-order chi connectivity index (χ0) is 24.1. The zero-order valence-electron chi connectivity index (χ0n) is 19.3. The highest BCUT2D eigenvalue weighted by Crippen LogP contribution is 2.42. The highest BCUT2D eigenvalue weighted by Gasteiger charge is 2.28. The summed E-state index contributed by atoms with van der Waals surface area (Å²) in [5, 5.41) is 13.5. The standard InChI is InChI=1S/C24H30Br2N2O4/c1-23(2,3)14-24(4,5)16-10-17(25)22(18(26)11-16)32-13-21(30)28-27-12-15-7-8-19(29)20(9-15)31-6/h7-12,29H,13-14H2,1-6H3,(H,28,30). The van der Waals surface area contributed by atoms with Crippen molar-refractivity contribution in [2.45, 2.75) is 46.5 Å². The summed E-state index contributed by atoms with van der Waals surface area (Å²) in [6.45, 7) is 10.9. The van der Waals surface area contributed by atoms with Crippen molar-refractivity contribution in [3.8, 4) is 17.2 Å². The summed E-state index contributed by atoms with van der Waals surface area (Å²) in [6, 6.07) is 8.84. The molecule has 2 aromatic rings. The van der Waals surface area contributed by atoms with Gasteiger partial charge in [0.15, 0.2) is 18.1 Å². The fourth-order valence-electron chi connectivity index (χ4n) is 3.64. The molecule has 2 rings (SSSR count). The maximum atomic E-state index is 12.1. The van der Waals surface area contributed by atoms with Gasteiger partial charge in [0, 0.05) is 0 Å². The van der Waals surface area contributed by atoms with Crippen molar-refractivity contribution in [2.24, 2.45) is 10.5 Å². The minimum atomic E-state index is -0.400. The molecule has 0 radical (unpaired) electrons. The number of hydrogen-bond acceptors (Lipinski definition) is 5. The van der Waals surface area contributed by atoms with Crippen molar-refractivity contribution in [1.82, 2.24) is 5.43 Å². The molecule has 0 aliphatic heterocycles. The number of rotatable bonds is 8. The van der Waals surface area contributed by atoms with Crippen molar-refractivity contribution < 1.29 is 19.4 Å². The third-order valence-electron chi connectivity index (χ3n) is 4.71. The molecule has 0 bridgehead atoms. The first-order valence-corrected chi connectivity index (χ1v) is 11.7. The minimum Gasteiger partial charge on any atom is -0.504 e. The summed E-state index contributed by atoms with van der Waals surface area (Å²) in [5.74, 6) is 0.518. The van der Waals surface area contributed by atoms with E-state index in [0.29, 0.717) is 17.1 Å². The van der Waals surface area contributed by atoms with Crippen molar-refractivity contribution in [2.75, 3.05) is 13.7 Å². The normalized spacial score (nSPS) is 12.1. The monoisotopic (exact) mass is 568 g/mol. The number of nitrogens with one attached hydrogen (secondary N) is 1. The number of hydrogen-bond donors (Lipinski definition) is 2. The van der Waals surface area contributed by atoms with Gasteiger partial charge in [0.25, 0.3) is 5.91 Å². The van der Waals surface area contributed by atoms with Gasteiger partial charge in [-0.1, -0.05) is 34.6 Å². The molecule has 174 valence electrons. The first kappa shape index (κ1) is 26.2. The molecule has 0 fully saturated rings. The van der Waals surface area contributed by atoms with Crippen LogP contribution in [0.2, 0.25) is 0 Å². The average Bonchev–Trinajstić information content (AvgIpc) is 2.66. The molecule has 2 N–H and O–H groups in total. The Kier molecular flexibility index (Phi) is 8.76. The smallest absolute Gasteiger partial charge is 0.277 e. The van der Waals surface area contributed by atoms with E-state index in [1.54, 1.807) is 12.1 Å². The van der Waals surface area contributed by atoms with Crippen LogP contribution in [-0.2, 0) is 10.2 Å². The van der Waals surface area contributed by atoms with Gasteiger partial charge < -0.3 is 14.6 Å². The average molecular weight is 570 g/mol. The molecule has 0 aromatic heterocycles. The molecule has 0 aliphatic carbocycles. The SMILES string of the molecule is COc1cc(C=NNC(=O)COc2c(Br)cc(C(C)(C)CC(C)(C)C)cc2Br)ccc1O. The van der Waals surface area contributed by atoms with Gasteiger partial charge in [-0.2, -0.15) is 5.10 Å². The Balaban J connectivity index is 2.00. The van der Waals surface area contributed by atoms with Gasteiger partial charge in [0.2, 0.25) is 0 Å². The molecule has 6 nitrogen and oxygen atoms in total. The van der Waals surface area contributed by atoms with Gasteiger partial charge in [-0.3, -0.25) is 4.79 Å². The predicted octanol–water partition coefficient (Wildman–Crippen LogP) is 6.17. The summed E-state index contributed by atoms with van der Waals surface area (Å²) in [6.07, 6.45) is 2.48. The molecule has 0 aliphatic rings. The quantitative estimate of drug-likeness (QED) is 0.294. The number of phenols is 1. The molecule has 0 saturated carbocycles. The van der Waals surface area contributed by atoms with E-state index in [0.717, 1.165) is 15.4 Å². The van der Waals surface area contributed by atoms with Gasteiger partial charge in [0.05, 0.1) is 22.3 Å². The number of hydrazone groups is 1. The third-order valence-corrected chi connectivity index (χ3v) is 5.88. The van der Waals surface area contributed by atoms with E-state index in [9.17, 15) is 9.90 Å². The van der Waals surface area contributed by atoms with Crippen LogP contribution in [0.3, 0.4) is 0 Å². The number of nitrogens with zero attached hydrogens (tertiary/aromatic N) is 1. The van der Waals surface area contributed by atoms with E-state index in [4.69, 9.17) is 9.47 Å². The second-order valence-electron chi connectivity index (χ2n) is 9.40. The second-order valence-corrected chi connectivity index (χ2v) is 11.1. The van der Waals surface area contributed by atoms with Crippen LogP contribution < -0.4 is 14.9 Å². The maximum absolute atomic E-state index is 12.1. The van der Waals surface area contributed by atoms with Crippen molar-refractivity contribution >= 4 is 44.0 Å². The van der Waals surface area contributed by atoms with Crippen LogP contribution in [0.4, 0.5) is 0 Å². The largest absolute Gasteiger partial charge is 0.504 e. The lowest BCUT2D eigenvalue weighted by atomic mass is 9.72. The predicted molar refractivity (Wildman–Crippen MR) is 135 cm³/mol. The van der Waals surface area contributed by atoms with E-state index in [1.165, 1.54) is 25.0 Å². The fourth-order valence-corrected chi connectivity index (χ4v) is 5.06. The summed E-state index contributed by atoms with van der Waals surface area (Å²) >= 11 is 7.15. The van der Waals surface area contributed by atoms with Crippen molar-refractivity contribution in [3.05, 3.63) is 50.4 Å². The second kappa shape index (κ2) is 10.7. The van der Waals surface area contributed by atoms with Crippen molar-refractivity contribution in [3.63, 3.8) is 0 Å². The van der Waals surface area contributed by atoms with Crippen LogP contribution >= 0.6 is 31.9 Å². The molecule has 8 heteroatoms. The number of carbonyl (C=O) groups is 1. The lowest BCUT2D eigenvalue weighted by Crippen LogP contribution is -2.26. The van der Waals surface area contributed by atoms with Crippen LogP contribution in [0, 0.1) is 5.41 Å². The Labute approximate surface area is 206 Å². The van der Waals surface area contributed by atoms with E-state index < -0.39 is 5.91 Å². The van der Waals surface area contributed by atoms with Gasteiger partial charge in [-0.25, -0.2) is 5.43 Å². The van der Waals surface area contributed by atoms with E-state index >= 15 is 0 Å². The molecule has 2 aromatic carbocycles. The first-order valence-electron chi connectivity index (χ1n) is 10.1. The van der Waals surface area contributed by atoms with Gasteiger partial charge >= 0.3 is 0 Å². The highest BCUT2D eigenvalue weighted by atomic mass is 79.9. The number of phenolic OH excluding ortho intramolecular Hbond substituents is 1. The summed E-state index contributed by atoms with van der Waals surface area (Å²) in [4.78, 5) is 12.1. The molecule has 32 heavy (non-hydrogen) atoms. The molecular formula is C24H30Br2N2O4. The van der Waals surface area contributed by atoms with Gasteiger partial charge in [-0.15, -0.1) is 0 Å². The number of carbonyl (C=O) groups excluding carboxylic acids is 1. The number of amides is 1. The number of benzene rings is 2. The Hall–Kier alpha value is -2.06. The highest BCUT2D eigenvalue weighted by molar-refractivity contribution is 9.11. The van der Waals surface area contributed by atoms with Gasteiger partial charge in [0.1, 0.15) is 5.75 Å². The molecule has 1 amide bonds. The molecule has 0 unspecified atom stereocenters. The zero-order valence-corrected chi connectivity index (χ0v) is 22.4. The van der Waals surface area contributed by atoms with Crippen LogP contribution in [-0.4, -0.2) is 30.9 Å². The van der Waals surface area contributed by atoms with Crippen LogP contribution in [0.15, 0.2) is 44.4 Å². The topological polar surface area (TPSA) is 80.2 Å². The number of ether oxygens (including phenoxy) is 2. The maximum Gasteiger partial charge on any atom is 0.277 e. The number of methoxy groups -OCH3 is 1. The molecule has 0 heterocycles. The number of halogens is 2. The van der Waals surface area contributed by atoms with Gasteiger partial charge in [-0.05, 0) is 90.6 Å². The molecule has 0 spiro atoms. The molecule has 0 atom stereocenters. The fraction of sp³-hybridized carbons (Fsp3) is 0.417. The summed E-state index contributed by atoms with van der Waals surface area (Å²) in [5.41, 5.74) is 4.44. The Morgan fingerprint density at radius 3 is 2.31 bits per heavy atom. The Morgan fingerprint density at radius 2 is 1.75 bits per heavy atom. The van der Waals surface area contributed by atoms with Crippen LogP contribution in [0.25, 0.3) is 0 Å². The van der Waals surface area contributed by atoms with Crippen molar-refractivity contribution in [1.29, 1.82) is 0 Å². The van der Waals surface area contributed by atoms with Crippen LogP contribution in [0.5, 0.6) is 17.2 Å². The number of aromatic hydroxyl groups is 1. The Morgan fingerprint density at radius 1 is 1.12 bits per heavy atom. The van der Waals surface area contributed by atoms with E-state index in [2.05, 4.69) is 77.0 Å². The lowest BCUT2D eigenvalue weighted by Gasteiger charge is -2.33. The Bertz CT molecular complexity index is 975. The third kappa shape index (κ3) is 7.52. The summed E-state index contributed by atoms with van der Waals surface area (Å²) < 4.78 is 12.3. The lowest BCUT2D eigenvalue weighted by molar-refractivity contribution is -0.123. The van der Waals surface area contributed by atoms with Crippen LogP contribution in [0.1, 0.15) is 52.2 Å². The first-order chi connectivity index (χ1) is 14.8. The van der Waals surface area contributed by atoms with E-state index in [1.807, 2.05) is 12.1 Å². The summed E-state index contributed by atoms with van der Waals surface area (Å²) in [7, 11) is 1.46.